The van der Waals surface area contributed by atoms with Gasteiger partial charge < -0.3 is 10.0 Å². The van der Waals surface area contributed by atoms with Crippen LogP contribution in [-0.2, 0) is 17.8 Å². The average Bonchev–Trinajstić information content (AvgIpc) is 3.05. The van der Waals surface area contributed by atoms with Crippen molar-refractivity contribution >= 4 is 17.2 Å². The van der Waals surface area contributed by atoms with E-state index in [4.69, 9.17) is 0 Å². The first kappa shape index (κ1) is 14.0. The summed E-state index contributed by atoms with van der Waals surface area (Å²) in [6.45, 7) is 5.74. The Morgan fingerprint density at radius 2 is 2.40 bits per heavy atom. The normalized spacial score (nSPS) is 24.7. The molecule has 1 fully saturated rings. The maximum absolute atomic E-state index is 12.4. The van der Waals surface area contributed by atoms with Crippen LogP contribution in [-0.4, -0.2) is 53.1 Å². The van der Waals surface area contributed by atoms with Gasteiger partial charge in [0.1, 0.15) is 0 Å². The molecule has 2 aliphatic rings. The van der Waals surface area contributed by atoms with E-state index in [1.807, 2.05) is 11.8 Å². The van der Waals surface area contributed by atoms with Crippen molar-refractivity contribution in [1.29, 1.82) is 0 Å². The fraction of sp³-hybridized carbons (Fsp3) is 0.667. The fourth-order valence-corrected chi connectivity index (χ4v) is 4.04. The van der Waals surface area contributed by atoms with E-state index in [1.54, 1.807) is 11.3 Å². The molecule has 1 N–H and O–H groups in total. The number of rotatable bonds is 3. The van der Waals surface area contributed by atoms with Gasteiger partial charge >= 0.3 is 0 Å². The highest BCUT2D eigenvalue weighted by Crippen LogP contribution is 2.25. The number of carbonyl (C=O) groups is 1. The maximum Gasteiger partial charge on any atom is 0.237 e. The molecule has 4 nitrogen and oxygen atoms in total. The molecule has 3 rings (SSSR count). The third-order valence-corrected chi connectivity index (χ3v) is 5.53. The van der Waals surface area contributed by atoms with E-state index in [1.165, 1.54) is 10.4 Å². The van der Waals surface area contributed by atoms with E-state index in [0.29, 0.717) is 12.5 Å². The lowest BCUT2D eigenvalue weighted by molar-refractivity contribution is -0.133. The molecule has 1 aromatic heterocycles. The van der Waals surface area contributed by atoms with Crippen LogP contribution in [0.5, 0.6) is 0 Å². The number of aliphatic hydroxyl groups excluding tert-OH is 1. The van der Waals surface area contributed by atoms with Gasteiger partial charge in [-0.05, 0) is 49.2 Å². The minimum absolute atomic E-state index is 0.230. The largest absolute Gasteiger partial charge is 0.393 e. The summed E-state index contributed by atoms with van der Waals surface area (Å²) in [5.41, 5.74) is 1.32. The summed E-state index contributed by atoms with van der Waals surface area (Å²) in [6, 6.07) is 2.14. The van der Waals surface area contributed by atoms with Crippen LogP contribution in [0.2, 0.25) is 0 Å². The highest BCUT2D eigenvalue weighted by Gasteiger charge is 2.29. The molecule has 2 unspecified atom stereocenters. The van der Waals surface area contributed by atoms with Gasteiger partial charge in [-0.3, -0.25) is 9.69 Å². The summed E-state index contributed by atoms with van der Waals surface area (Å²) in [4.78, 5) is 18.0. The van der Waals surface area contributed by atoms with E-state index >= 15 is 0 Å². The zero-order chi connectivity index (χ0) is 14.1. The third-order valence-electron chi connectivity index (χ3n) is 4.51. The van der Waals surface area contributed by atoms with Gasteiger partial charge in [0.15, 0.2) is 0 Å². The molecule has 2 aliphatic heterocycles. The molecule has 1 aromatic rings. The Bertz CT molecular complexity index is 486. The Labute approximate surface area is 124 Å². The summed E-state index contributed by atoms with van der Waals surface area (Å²) in [5, 5.41) is 11.7. The number of thiophene rings is 1. The maximum atomic E-state index is 12.4. The van der Waals surface area contributed by atoms with Crippen LogP contribution in [0.15, 0.2) is 11.4 Å². The molecule has 3 heterocycles. The number of nitrogens with zero attached hydrogens (tertiary/aromatic N) is 2. The van der Waals surface area contributed by atoms with Crippen molar-refractivity contribution in [2.24, 2.45) is 5.92 Å². The minimum atomic E-state index is -0.265. The molecule has 1 saturated heterocycles. The number of likely N-dealkylation sites (tertiary alicyclic amines) is 1. The minimum Gasteiger partial charge on any atom is -0.393 e. The van der Waals surface area contributed by atoms with Crippen LogP contribution in [0, 0.1) is 5.92 Å². The van der Waals surface area contributed by atoms with Gasteiger partial charge in [0.05, 0.1) is 12.6 Å². The van der Waals surface area contributed by atoms with Gasteiger partial charge in [-0.25, -0.2) is 0 Å². The lowest BCUT2D eigenvalue weighted by atomic mass is 10.0. The van der Waals surface area contributed by atoms with E-state index < -0.39 is 0 Å². The van der Waals surface area contributed by atoms with Crippen LogP contribution in [0.1, 0.15) is 23.8 Å². The standard InChI is InChI=1S/C15H22N2O2S/c1-11(18)12-2-5-16(8-12)10-15(19)17-6-3-14-13(9-17)4-7-20-14/h4,7,11-12,18H,2-3,5-6,8-10H2,1H3. The molecule has 1 amide bonds. The zero-order valence-corrected chi connectivity index (χ0v) is 12.7. The molecule has 0 bridgehead atoms. The molecular weight excluding hydrogens is 272 g/mol. The first-order chi connectivity index (χ1) is 9.63. The third kappa shape index (κ3) is 2.90. The monoisotopic (exact) mass is 294 g/mol. The van der Waals surface area contributed by atoms with Crippen LogP contribution in [0.25, 0.3) is 0 Å². The van der Waals surface area contributed by atoms with Crippen molar-refractivity contribution in [3.8, 4) is 0 Å². The van der Waals surface area contributed by atoms with Gasteiger partial charge in [-0.15, -0.1) is 11.3 Å². The Kier molecular flexibility index (Phi) is 4.10. The van der Waals surface area contributed by atoms with Crippen LogP contribution in [0.4, 0.5) is 0 Å². The average molecular weight is 294 g/mol. The first-order valence-corrected chi connectivity index (χ1v) is 8.25. The number of hydrogen-bond donors (Lipinski definition) is 1. The molecule has 20 heavy (non-hydrogen) atoms. The zero-order valence-electron chi connectivity index (χ0n) is 11.9. The molecule has 2 atom stereocenters. The van der Waals surface area contributed by atoms with E-state index in [0.717, 1.165) is 39.0 Å². The van der Waals surface area contributed by atoms with Gasteiger partial charge in [0.25, 0.3) is 0 Å². The highest BCUT2D eigenvalue weighted by molar-refractivity contribution is 7.10. The summed E-state index contributed by atoms with van der Waals surface area (Å²) in [7, 11) is 0. The SMILES string of the molecule is CC(O)C1CCN(CC(=O)N2CCc3sccc3C2)C1. The second kappa shape index (κ2) is 5.84. The van der Waals surface area contributed by atoms with E-state index in [-0.39, 0.29) is 12.0 Å². The summed E-state index contributed by atoms with van der Waals surface area (Å²) >= 11 is 1.80. The fourth-order valence-electron chi connectivity index (χ4n) is 3.15. The van der Waals surface area contributed by atoms with Crippen molar-refractivity contribution in [1.82, 2.24) is 9.80 Å². The lowest BCUT2D eigenvalue weighted by Crippen LogP contribution is -2.42. The van der Waals surface area contributed by atoms with Crippen LogP contribution < -0.4 is 0 Å². The number of carbonyl (C=O) groups excluding carboxylic acids is 1. The van der Waals surface area contributed by atoms with Crippen molar-refractivity contribution in [2.45, 2.75) is 32.4 Å². The van der Waals surface area contributed by atoms with E-state index in [9.17, 15) is 9.90 Å². The second-order valence-corrected chi connectivity index (χ2v) is 6.96. The van der Waals surface area contributed by atoms with Crippen molar-refractivity contribution in [3.05, 3.63) is 21.9 Å². The van der Waals surface area contributed by atoms with Crippen molar-refractivity contribution in [2.75, 3.05) is 26.2 Å². The van der Waals surface area contributed by atoms with Crippen molar-refractivity contribution in [3.63, 3.8) is 0 Å². The number of amides is 1. The van der Waals surface area contributed by atoms with Gasteiger partial charge in [-0.1, -0.05) is 0 Å². The predicted octanol–water partition coefficient (Wildman–Crippen LogP) is 1.34. The number of aliphatic hydroxyl groups is 1. The molecular formula is C15H22N2O2S. The molecule has 0 saturated carbocycles. The molecule has 0 aliphatic carbocycles. The lowest BCUT2D eigenvalue weighted by Gasteiger charge is -2.29. The summed E-state index contributed by atoms with van der Waals surface area (Å²) in [6.07, 6.45) is 1.73. The van der Waals surface area contributed by atoms with Gasteiger partial charge in [-0.2, -0.15) is 0 Å². The molecule has 5 heteroatoms. The van der Waals surface area contributed by atoms with Gasteiger partial charge in [0, 0.05) is 24.5 Å². The van der Waals surface area contributed by atoms with Gasteiger partial charge in [0.2, 0.25) is 5.91 Å². The van der Waals surface area contributed by atoms with Crippen molar-refractivity contribution < 1.29 is 9.90 Å². The second-order valence-electron chi connectivity index (χ2n) is 5.96. The molecule has 110 valence electrons. The molecule has 0 radical (unpaired) electrons. The summed E-state index contributed by atoms with van der Waals surface area (Å²) < 4.78 is 0. The van der Waals surface area contributed by atoms with Crippen LogP contribution >= 0.6 is 11.3 Å². The first-order valence-electron chi connectivity index (χ1n) is 7.37. The topological polar surface area (TPSA) is 43.8 Å². The highest BCUT2D eigenvalue weighted by atomic mass is 32.1. The quantitative estimate of drug-likeness (QED) is 0.915. The molecule has 0 spiro atoms. The summed E-state index contributed by atoms with van der Waals surface area (Å²) in [5.74, 6) is 0.556. The molecule has 0 aromatic carbocycles. The Morgan fingerprint density at radius 3 is 3.15 bits per heavy atom. The number of hydrogen-bond acceptors (Lipinski definition) is 4. The van der Waals surface area contributed by atoms with Crippen LogP contribution in [0.3, 0.4) is 0 Å². The Balaban J connectivity index is 1.53. The Hall–Kier alpha value is -0.910. The van der Waals surface area contributed by atoms with E-state index in [2.05, 4.69) is 16.3 Å². The number of fused-ring (bicyclic) bond motifs is 1. The Morgan fingerprint density at radius 1 is 1.55 bits per heavy atom. The predicted molar refractivity (Wildman–Crippen MR) is 79.7 cm³/mol. The smallest absolute Gasteiger partial charge is 0.237 e.